The fraction of sp³-hybridized carbons (Fsp3) is 0.548. The van der Waals surface area contributed by atoms with Crippen LogP contribution in [0.15, 0.2) is 46.0 Å². The number of rotatable bonds is 12. The van der Waals surface area contributed by atoms with Crippen molar-refractivity contribution in [2.75, 3.05) is 32.8 Å². The maximum absolute atomic E-state index is 15.6. The van der Waals surface area contributed by atoms with Gasteiger partial charge in [-0.05, 0) is 57.7 Å². The summed E-state index contributed by atoms with van der Waals surface area (Å²) < 4.78 is 66.4. The molecule has 46 heavy (non-hydrogen) atoms. The Balaban J connectivity index is 1.44. The van der Waals surface area contributed by atoms with Crippen molar-refractivity contribution in [3.8, 4) is 0 Å². The van der Waals surface area contributed by atoms with E-state index in [0.717, 1.165) is 5.06 Å². The minimum Gasteiger partial charge on any atom is -0.481 e. The first-order valence-corrected chi connectivity index (χ1v) is 15.9. The number of amidine groups is 1. The summed E-state index contributed by atoms with van der Waals surface area (Å²) >= 11 is 1.28. The molecule has 2 saturated heterocycles. The number of hydroxylamine groups is 2. The van der Waals surface area contributed by atoms with Gasteiger partial charge in [0, 0.05) is 23.8 Å². The number of thiazole rings is 1. The monoisotopic (exact) mass is 667 g/mol. The molecule has 1 aromatic heterocycles. The van der Waals surface area contributed by atoms with Crippen LogP contribution in [0.25, 0.3) is 0 Å². The number of hydrogen-bond acceptors (Lipinski definition) is 10. The highest BCUT2D eigenvalue weighted by atomic mass is 32.1. The van der Waals surface area contributed by atoms with Gasteiger partial charge in [-0.3, -0.25) is 19.5 Å². The molecule has 3 aliphatic rings. The lowest BCUT2D eigenvalue weighted by molar-refractivity contribution is -0.189. The minimum atomic E-state index is -3.30. The second-order valence-corrected chi connectivity index (χ2v) is 13.2. The molecule has 3 aliphatic heterocycles. The summed E-state index contributed by atoms with van der Waals surface area (Å²) in [6, 6.07) is 1.13. The van der Waals surface area contributed by atoms with Crippen LogP contribution in [-0.4, -0.2) is 94.9 Å². The number of carbonyl (C=O) groups excluding carboxylic acids is 1. The highest BCUT2D eigenvalue weighted by Crippen LogP contribution is 2.42. The molecule has 0 amide bonds. The zero-order valence-electron chi connectivity index (χ0n) is 25.9. The van der Waals surface area contributed by atoms with Crippen LogP contribution in [-0.2, 0) is 19.2 Å². The number of benzene rings is 1. The standard InChI is InChI=1S/C31H37F4N5O5S/c1-5-44-28(41)23-21(37-26(27-36-11-12-46-27)38-24(23)19-7-6-8-20(33)17(19)2)14-39-16-31(34,35)25-22(39)15-45-40(25)13-18(32)9-10-30(3,4)29(42)43/h6-8,11-12,18,22,24-25H,5,9-10,13-16H2,1-4H3,(H,37,38)(H,42,43)/t18-,22+,24-,25-/m0/s1. The van der Waals surface area contributed by atoms with Gasteiger partial charge in [-0.15, -0.1) is 11.3 Å². The number of likely N-dealkylation sites (tertiary alicyclic amines) is 1. The van der Waals surface area contributed by atoms with E-state index >= 15 is 8.78 Å². The predicted octanol–water partition coefficient (Wildman–Crippen LogP) is 4.66. The van der Waals surface area contributed by atoms with Crippen molar-refractivity contribution < 1.29 is 41.8 Å². The van der Waals surface area contributed by atoms with Crippen molar-refractivity contribution >= 4 is 29.1 Å². The Labute approximate surface area is 268 Å². The number of alkyl halides is 3. The molecule has 5 rings (SSSR count). The van der Waals surface area contributed by atoms with Crippen LogP contribution in [0.5, 0.6) is 0 Å². The molecule has 0 aliphatic carbocycles. The molecule has 0 spiro atoms. The van der Waals surface area contributed by atoms with Crippen molar-refractivity contribution in [3.63, 3.8) is 0 Å². The summed E-state index contributed by atoms with van der Waals surface area (Å²) in [6.07, 6.45) is -0.119. The average Bonchev–Trinajstić information content (AvgIpc) is 3.73. The number of ether oxygens (including phenoxy) is 1. The van der Waals surface area contributed by atoms with Crippen molar-refractivity contribution in [1.82, 2.24) is 20.3 Å². The summed E-state index contributed by atoms with van der Waals surface area (Å²) in [5.74, 6) is -5.29. The number of carboxylic acids is 1. The number of aromatic nitrogens is 1. The van der Waals surface area contributed by atoms with E-state index in [-0.39, 0.29) is 49.4 Å². The molecule has 2 aromatic rings. The number of esters is 1. The summed E-state index contributed by atoms with van der Waals surface area (Å²) in [5.41, 5.74) is -0.161. The van der Waals surface area contributed by atoms with Crippen LogP contribution >= 0.6 is 11.3 Å². The van der Waals surface area contributed by atoms with E-state index in [2.05, 4.69) is 10.3 Å². The van der Waals surface area contributed by atoms with Gasteiger partial charge in [-0.1, -0.05) is 12.1 Å². The molecule has 4 atom stereocenters. The second kappa shape index (κ2) is 13.4. The van der Waals surface area contributed by atoms with E-state index in [4.69, 9.17) is 14.6 Å². The molecule has 0 unspecified atom stereocenters. The molecule has 15 heteroatoms. The van der Waals surface area contributed by atoms with E-state index in [9.17, 15) is 23.5 Å². The molecule has 1 aromatic carbocycles. The number of fused-ring (bicyclic) bond motifs is 1. The normalized spacial score (nSPS) is 24.0. The van der Waals surface area contributed by atoms with E-state index in [1.54, 1.807) is 31.5 Å². The van der Waals surface area contributed by atoms with Crippen LogP contribution in [0.3, 0.4) is 0 Å². The van der Waals surface area contributed by atoms with E-state index in [1.807, 2.05) is 0 Å². The van der Waals surface area contributed by atoms with Gasteiger partial charge in [0.25, 0.3) is 5.92 Å². The van der Waals surface area contributed by atoms with Gasteiger partial charge in [0.15, 0.2) is 10.8 Å². The largest absolute Gasteiger partial charge is 0.481 e. The molecule has 0 radical (unpaired) electrons. The van der Waals surface area contributed by atoms with Gasteiger partial charge in [0.1, 0.15) is 24.1 Å². The molecule has 250 valence electrons. The van der Waals surface area contributed by atoms with Crippen LogP contribution in [0.1, 0.15) is 55.8 Å². The SMILES string of the molecule is CCOC(=O)C1=C(CN2CC(F)(F)[C@@H]3[C@H]2CON3C[C@@H](F)CCC(C)(C)C(=O)O)NC(c2nccs2)=N[C@H]1c1cccc(F)c1C. The molecule has 2 N–H and O–H groups in total. The zero-order valence-corrected chi connectivity index (χ0v) is 26.8. The van der Waals surface area contributed by atoms with Gasteiger partial charge in [-0.2, -0.15) is 5.06 Å². The topological polar surface area (TPSA) is 117 Å². The van der Waals surface area contributed by atoms with Gasteiger partial charge >= 0.3 is 11.9 Å². The van der Waals surface area contributed by atoms with Crippen LogP contribution in [0, 0.1) is 18.2 Å². The van der Waals surface area contributed by atoms with Gasteiger partial charge < -0.3 is 15.2 Å². The molecular formula is C31H37F4N5O5S. The molecule has 2 fully saturated rings. The number of aliphatic carboxylic acids is 1. The Bertz CT molecular complexity index is 1520. The summed E-state index contributed by atoms with van der Waals surface area (Å²) in [4.78, 5) is 41.0. The average molecular weight is 668 g/mol. The van der Waals surface area contributed by atoms with Crippen LogP contribution in [0.4, 0.5) is 17.6 Å². The highest BCUT2D eigenvalue weighted by molar-refractivity contribution is 7.11. The smallest absolute Gasteiger partial charge is 0.338 e. The fourth-order valence-corrected chi connectivity index (χ4v) is 6.62. The summed E-state index contributed by atoms with van der Waals surface area (Å²) in [5, 5.41) is 15.7. The summed E-state index contributed by atoms with van der Waals surface area (Å²) in [6.45, 7) is 4.77. The molecule has 4 heterocycles. The quantitative estimate of drug-likeness (QED) is 0.246. The molecular weight excluding hydrogens is 630 g/mol. The number of aliphatic imine (C=N–C) groups is 1. The Hall–Kier alpha value is -3.40. The molecule has 0 saturated carbocycles. The number of nitrogens with zero attached hydrogens (tertiary/aromatic N) is 4. The van der Waals surface area contributed by atoms with Crippen molar-refractivity contribution in [2.24, 2.45) is 10.4 Å². The summed E-state index contributed by atoms with van der Waals surface area (Å²) in [7, 11) is 0. The number of carbonyl (C=O) groups is 2. The molecule has 0 bridgehead atoms. The lowest BCUT2D eigenvalue weighted by Gasteiger charge is -2.31. The Morgan fingerprint density at radius 2 is 2.09 bits per heavy atom. The van der Waals surface area contributed by atoms with E-state index < -0.39 is 66.5 Å². The Morgan fingerprint density at radius 3 is 2.76 bits per heavy atom. The van der Waals surface area contributed by atoms with Crippen LogP contribution in [0.2, 0.25) is 0 Å². The minimum absolute atomic E-state index is 0.0271. The van der Waals surface area contributed by atoms with E-state index in [1.165, 1.54) is 42.2 Å². The van der Waals surface area contributed by atoms with Crippen molar-refractivity contribution in [3.05, 3.63) is 63.0 Å². The lowest BCUT2D eigenvalue weighted by Crippen LogP contribution is -2.47. The first kappa shape index (κ1) is 33.9. The predicted molar refractivity (Wildman–Crippen MR) is 162 cm³/mol. The third-order valence-corrected chi connectivity index (χ3v) is 9.44. The van der Waals surface area contributed by atoms with Gasteiger partial charge in [0.05, 0.1) is 43.3 Å². The van der Waals surface area contributed by atoms with E-state index in [0.29, 0.717) is 16.4 Å². The van der Waals surface area contributed by atoms with Crippen molar-refractivity contribution in [1.29, 1.82) is 0 Å². The number of hydrogen-bond donors (Lipinski definition) is 2. The highest BCUT2D eigenvalue weighted by Gasteiger charge is 2.61. The van der Waals surface area contributed by atoms with Crippen LogP contribution < -0.4 is 5.32 Å². The lowest BCUT2D eigenvalue weighted by atomic mass is 9.87. The number of nitrogens with one attached hydrogen (secondary N) is 1. The second-order valence-electron chi connectivity index (χ2n) is 12.3. The maximum atomic E-state index is 15.6. The third-order valence-electron chi connectivity index (χ3n) is 8.66. The van der Waals surface area contributed by atoms with Gasteiger partial charge in [0.2, 0.25) is 0 Å². The van der Waals surface area contributed by atoms with Crippen molar-refractivity contribution in [2.45, 2.75) is 70.8 Å². The first-order valence-electron chi connectivity index (χ1n) is 15.0. The Morgan fingerprint density at radius 1 is 1.33 bits per heavy atom. The maximum Gasteiger partial charge on any atom is 0.338 e. The Kier molecular flexibility index (Phi) is 9.87. The first-order chi connectivity index (χ1) is 21.7. The van der Waals surface area contributed by atoms with Gasteiger partial charge in [-0.25, -0.2) is 27.3 Å². The fourth-order valence-electron chi connectivity index (χ4n) is 6.03. The number of halogens is 4. The number of carboxylic acid groups (broad SMARTS) is 1. The molecule has 10 nitrogen and oxygen atoms in total. The third kappa shape index (κ3) is 6.82. The zero-order chi connectivity index (χ0) is 33.4.